The Balaban J connectivity index is 1.49. The van der Waals surface area contributed by atoms with Crippen LogP contribution in [0.15, 0.2) is 102 Å². The molecular formula is C28H26BrNO. The Morgan fingerprint density at radius 1 is 0.806 bits per heavy atom. The van der Waals surface area contributed by atoms with Crippen molar-refractivity contribution in [2.45, 2.75) is 18.6 Å². The van der Waals surface area contributed by atoms with Crippen molar-refractivity contribution < 1.29 is 5.11 Å². The summed E-state index contributed by atoms with van der Waals surface area (Å²) >= 11 is 3.56. The molecule has 4 aromatic carbocycles. The lowest BCUT2D eigenvalue weighted by molar-refractivity contribution is 0.104. The molecule has 5 rings (SSSR count). The monoisotopic (exact) mass is 471 g/mol. The molecule has 0 bridgehead atoms. The first-order valence-corrected chi connectivity index (χ1v) is 11.7. The minimum absolute atomic E-state index is 0.135. The maximum atomic E-state index is 11.7. The fourth-order valence-corrected chi connectivity index (χ4v) is 5.27. The molecule has 0 amide bonds. The molecule has 31 heavy (non-hydrogen) atoms. The van der Waals surface area contributed by atoms with Crippen LogP contribution in [0, 0.1) is 5.92 Å². The van der Waals surface area contributed by atoms with Gasteiger partial charge in [-0.3, -0.25) is 4.90 Å². The summed E-state index contributed by atoms with van der Waals surface area (Å²) in [6.07, 6.45) is -0.513. The second-order valence-electron chi connectivity index (χ2n) is 8.51. The van der Waals surface area contributed by atoms with Gasteiger partial charge in [0.05, 0.1) is 6.10 Å². The van der Waals surface area contributed by atoms with Crippen molar-refractivity contribution in [1.82, 2.24) is 4.90 Å². The number of benzene rings is 4. The van der Waals surface area contributed by atoms with Crippen LogP contribution in [0.3, 0.4) is 0 Å². The summed E-state index contributed by atoms with van der Waals surface area (Å²) in [7, 11) is 0. The third-order valence-electron chi connectivity index (χ3n) is 6.54. The van der Waals surface area contributed by atoms with E-state index in [1.807, 2.05) is 0 Å². The van der Waals surface area contributed by atoms with Gasteiger partial charge in [-0.1, -0.05) is 101 Å². The quantitative estimate of drug-likeness (QED) is 0.356. The molecule has 0 aromatic heterocycles. The van der Waals surface area contributed by atoms with Crippen molar-refractivity contribution in [3.8, 4) is 0 Å². The van der Waals surface area contributed by atoms with E-state index in [0.29, 0.717) is 0 Å². The number of likely N-dealkylation sites (tertiary alicyclic amines) is 1. The van der Waals surface area contributed by atoms with Gasteiger partial charge >= 0.3 is 0 Å². The number of hydrogen-bond donors (Lipinski definition) is 1. The van der Waals surface area contributed by atoms with Gasteiger partial charge in [-0.05, 0) is 39.6 Å². The van der Waals surface area contributed by atoms with E-state index in [9.17, 15) is 5.11 Å². The lowest BCUT2D eigenvalue weighted by atomic mass is 9.82. The molecule has 0 radical (unpaired) electrons. The number of aliphatic hydroxyl groups is 1. The first-order chi connectivity index (χ1) is 15.2. The molecule has 3 heteroatoms. The molecular weight excluding hydrogens is 446 g/mol. The Labute approximate surface area is 192 Å². The Kier molecular flexibility index (Phi) is 5.91. The highest BCUT2D eigenvalue weighted by molar-refractivity contribution is 9.10. The normalized spacial score (nSPS) is 20.2. The first kappa shape index (κ1) is 20.4. The van der Waals surface area contributed by atoms with Gasteiger partial charge < -0.3 is 5.11 Å². The van der Waals surface area contributed by atoms with Crippen molar-refractivity contribution in [1.29, 1.82) is 0 Å². The number of aliphatic hydroxyl groups excluding tert-OH is 1. The van der Waals surface area contributed by atoms with Crippen molar-refractivity contribution in [2.24, 2.45) is 5.92 Å². The maximum absolute atomic E-state index is 11.7. The molecule has 0 saturated carbocycles. The average molecular weight is 472 g/mol. The molecule has 1 saturated heterocycles. The largest absolute Gasteiger partial charge is 0.388 e. The minimum atomic E-state index is -0.513. The van der Waals surface area contributed by atoms with E-state index in [-0.39, 0.29) is 11.8 Å². The highest BCUT2D eigenvalue weighted by Crippen LogP contribution is 2.42. The summed E-state index contributed by atoms with van der Waals surface area (Å²) in [6.45, 7) is 2.73. The molecule has 1 N–H and O–H groups in total. The second-order valence-corrected chi connectivity index (χ2v) is 9.43. The molecule has 1 fully saturated rings. The van der Waals surface area contributed by atoms with E-state index < -0.39 is 6.10 Å². The minimum Gasteiger partial charge on any atom is -0.388 e. The number of halogens is 1. The van der Waals surface area contributed by atoms with Crippen LogP contribution in [0.25, 0.3) is 10.8 Å². The first-order valence-electron chi connectivity index (χ1n) is 10.9. The van der Waals surface area contributed by atoms with Crippen LogP contribution in [-0.2, 0) is 6.54 Å². The van der Waals surface area contributed by atoms with Gasteiger partial charge in [0, 0.05) is 35.9 Å². The van der Waals surface area contributed by atoms with Gasteiger partial charge in [0.25, 0.3) is 0 Å². The molecule has 156 valence electrons. The van der Waals surface area contributed by atoms with E-state index in [1.54, 1.807) is 0 Å². The van der Waals surface area contributed by atoms with Gasteiger partial charge in [-0.2, -0.15) is 0 Å². The fourth-order valence-electron chi connectivity index (χ4n) is 5.01. The van der Waals surface area contributed by atoms with Crippen LogP contribution in [0.1, 0.15) is 28.7 Å². The van der Waals surface area contributed by atoms with Gasteiger partial charge in [-0.15, -0.1) is 0 Å². The summed E-state index contributed by atoms with van der Waals surface area (Å²) in [5, 5.41) is 14.0. The lowest BCUT2D eigenvalue weighted by Crippen LogP contribution is -2.22. The third kappa shape index (κ3) is 4.31. The molecule has 1 heterocycles. The van der Waals surface area contributed by atoms with E-state index >= 15 is 0 Å². The van der Waals surface area contributed by atoms with Crippen molar-refractivity contribution >= 4 is 26.7 Å². The Bertz CT molecular complexity index is 1150. The Morgan fingerprint density at radius 2 is 1.52 bits per heavy atom. The van der Waals surface area contributed by atoms with Gasteiger partial charge in [0.15, 0.2) is 0 Å². The molecule has 3 atom stereocenters. The molecule has 1 aliphatic heterocycles. The van der Waals surface area contributed by atoms with E-state index in [1.165, 1.54) is 16.5 Å². The number of nitrogens with zero attached hydrogens (tertiary/aromatic N) is 1. The predicted octanol–water partition coefficient (Wildman–Crippen LogP) is 6.55. The Morgan fingerprint density at radius 3 is 2.32 bits per heavy atom. The second kappa shape index (κ2) is 8.96. The third-order valence-corrected chi connectivity index (χ3v) is 7.06. The summed E-state index contributed by atoms with van der Waals surface area (Å²) in [5.41, 5.74) is 3.65. The van der Waals surface area contributed by atoms with Crippen LogP contribution < -0.4 is 0 Å². The zero-order chi connectivity index (χ0) is 21.2. The van der Waals surface area contributed by atoms with E-state index in [2.05, 4.69) is 118 Å². The number of fused-ring (bicyclic) bond motifs is 1. The van der Waals surface area contributed by atoms with Crippen molar-refractivity contribution in [2.75, 3.05) is 13.1 Å². The average Bonchev–Trinajstić information content (AvgIpc) is 3.23. The van der Waals surface area contributed by atoms with E-state index in [4.69, 9.17) is 0 Å². The van der Waals surface area contributed by atoms with E-state index in [0.717, 1.165) is 35.1 Å². The standard InChI is InChI=1S/C28H26BrNO/c29-23-15-13-22(14-16-23)26-18-30(17-20-7-2-1-3-8-20)19-27(26)28(31)25-12-6-10-21-9-4-5-11-24(21)25/h1-16,26-28,31H,17-19H2/t26?,27?,28-/m0/s1. The van der Waals surface area contributed by atoms with Gasteiger partial charge in [0.1, 0.15) is 0 Å². The van der Waals surface area contributed by atoms with Crippen LogP contribution in [0.5, 0.6) is 0 Å². The summed E-state index contributed by atoms with van der Waals surface area (Å²) in [5.74, 6) is 0.418. The zero-order valence-corrected chi connectivity index (χ0v) is 18.9. The van der Waals surface area contributed by atoms with Crippen LogP contribution >= 0.6 is 15.9 Å². The summed E-state index contributed by atoms with van der Waals surface area (Å²) in [6, 6.07) is 33.9. The number of hydrogen-bond acceptors (Lipinski definition) is 2. The highest BCUT2D eigenvalue weighted by atomic mass is 79.9. The highest BCUT2D eigenvalue weighted by Gasteiger charge is 2.39. The molecule has 0 aliphatic carbocycles. The fraction of sp³-hybridized carbons (Fsp3) is 0.214. The predicted molar refractivity (Wildman–Crippen MR) is 131 cm³/mol. The van der Waals surface area contributed by atoms with Crippen molar-refractivity contribution in [3.63, 3.8) is 0 Å². The molecule has 1 aliphatic rings. The SMILES string of the molecule is O[C@@H](c1cccc2ccccc12)C1CN(Cc2ccccc2)CC1c1ccc(Br)cc1. The lowest BCUT2D eigenvalue weighted by Gasteiger charge is -2.26. The van der Waals surface area contributed by atoms with Crippen LogP contribution in [-0.4, -0.2) is 23.1 Å². The van der Waals surface area contributed by atoms with Gasteiger partial charge in [0.2, 0.25) is 0 Å². The topological polar surface area (TPSA) is 23.5 Å². The molecule has 4 aromatic rings. The van der Waals surface area contributed by atoms with Crippen molar-refractivity contribution in [3.05, 3.63) is 118 Å². The number of rotatable bonds is 5. The maximum Gasteiger partial charge on any atom is 0.0842 e. The molecule has 2 unspecified atom stereocenters. The molecule has 2 nitrogen and oxygen atoms in total. The van der Waals surface area contributed by atoms with Crippen LogP contribution in [0.4, 0.5) is 0 Å². The summed E-state index contributed by atoms with van der Waals surface area (Å²) < 4.78 is 1.08. The van der Waals surface area contributed by atoms with Gasteiger partial charge in [-0.25, -0.2) is 0 Å². The Hall–Kier alpha value is -2.46. The summed E-state index contributed by atoms with van der Waals surface area (Å²) in [4.78, 5) is 2.49. The van der Waals surface area contributed by atoms with Crippen LogP contribution in [0.2, 0.25) is 0 Å². The molecule has 0 spiro atoms. The smallest absolute Gasteiger partial charge is 0.0842 e. The zero-order valence-electron chi connectivity index (χ0n) is 17.4.